The fourth-order valence-electron chi connectivity index (χ4n) is 2.42. The van der Waals surface area contributed by atoms with Gasteiger partial charge in [-0.1, -0.05) is 0 Å². The molecule has 0 atom stereocenters. The molecular formula is C20H19N3O3S. The number of carbonyl (C=O) groups excluding carboxylic acids is 2. The Morgan fingerprint density at radius 3 is 2.11 bits per heavy atom. The molecule has 2 aromatic carbocycles. The van der Waals surface area contributed by atoms with Gasteiger partial charge in [0.05, 0.1) is 17.8 Å². The molecule has 138 valence electrons. The summed E-state index contributed by atoms with van der Waals surface area (Å²) in [4.78, 5) is 29.2. The van der Waals surface area contributed by atoms with Crippen LogP contribution in [-0.4, -0.2) is 23.4 Å². The van der Waals surface area contributed by atoms with E-state index in [1.165, 1.54) is 11.3 Å². The number of anilines is 2. The molecule has 7 heteroatoms. The quantitative estimate of drug-likeness (QED) is 0.665. The Kier molecular flexibility index (Phi) is 5.83. The molecular weight excluding hydrogens is 362 g/mol. The zero-order valence-electron chi connectivity index (χ0n) is 15.0. The van der Waals surface area contributed by atoms with E-state index in [2.05, 4.69) is 15.6 Å². The van der Waals surface area contributed by atoms with Crippen LogP contribution in [0.3, 0.4) is 0 Å². The molecule has 27 heavy (non-hydrogen) atoms. The summed E-state index contributed by atoms with van der Waals surface area (Å²) in [5.74, 6) is 0.323. The van der Waals surface area contributed by atoms with Gasteiger partial charge < -0.3 is 15.4 Å². The minimum atomic E-state index is -0.227. The van der Waals surface area contributed by atoms with Crippen molar-refractivity contribution < 1.29 is 14.3 Å². The summed E-state index contributed by atoms with van der Waals surface area (Å²) in [6.07, 6.45) is 0. The number of hydrogen-bond donors (Lipinski definition) is 2. The van der Waals surface area contributed by atoms with Gasteiger partial charge in [0.2, 0.25) is 0 Å². The molecule has 0 aliphatic carbocycles. The van der Waals surface area contributed by atoms with Gasteiger partial charge in [-0.15, -0.1) is 11.3 Å². The van der Waals surface area contributed by atoms with Crippen LogP contribution in [0.1, 0.15) is 32.6 Å². The Labute approximate surface area is 161 Å². The molecule has 0 aliphatic heterocycles. The minimum absolute atomic E-state index is 0.207. The van der Waals surface area contributed by atoms with Gasteiger partial charge in [0.1, 0.15) is 10.6 Å². The lowest BCUT2D eigenvalue weighted by molar-refractivity contribution is 0.102. The molecule has 0 aliphatic rings. The molecule has 1 heterocycles. The third-order valence-corrected chi connectivity index (χ3v) is 4.71. The van der Waals surface area contributed by atoms with Gasteiger partial charge in [0, 0.05) is 16.9 Å². The summed E-state index contributed by atoms with van der Waals surface area (Å²) in [5, 5.41) is 5.63. The Morgan fingerprint density at radius 2 is 1.56 bits per heavy atom. The highest BCUT2D eigenvalue weighted by atomic mass is 32.1. The maximum absolute atomic E-state index is 12.4. The highest BCUT2D eigenvalue weighted by Crippen LogP contribution is 2.18. The minimum Gasteiger partial charge on any atom is -0.494 e. The normalized spacial score (nSPS) is 10.3. The van der Waals surface area contributed by atoms with E-state index >= 15 is 0 Å². The molecule has 1 aromatic heterocycles. The highest BCUT2D eigenvalue weighted by Gasteiger charge is 2.12. The highest BCUT2D eigenvalue weighted by molar-refractivity contribution is 7.12. The molecule has 0 fully saturated rings. The predicted octanol–water partition coefficient (Wildman–Crippen LogP) is 4.35. The second kappa shape index (κ2) is 8.46. The molecule has 3 aromatic rings. The molecule has 2 N–H and O–H groups in total. The maximum Gasteiger partial charge on any atom is 0.267 e. The van der Waals surface area contributed by atoms with Gasteiger partial charge in [0.15, 0.2) is 0 Å². The van der Waals surface area contributed by atoms with Crippen molar-refractivity contribution in [1.82, 2.24) is 4.98 Å². The summed E-state index contributed by atoms with van der Waals surface area (Å²) in [7, 11) is 0. The van der Waals surface area contributed by atoms with Gasteiger partial charge in [-0.05, 0) is 62.4 Å². The summed E-state index contributed by atoms with van der Waals surface area (Å²) in [6.45, 7) is 4.30. The molecule has 0 saturated heterocycles. The zero-order valence-corrected chi connectivity index (χ0v) is 15.8. The van der Waals surface area contributed by atoms with Gasteiger partial charge in [-0.2, -0.15) is 0 Å². The van der Waals surface area contributed by atoms with Crippen LogP contribution < -0.4 is 15.4 Å². The van der Waals surface area contributed by atoms with E-state index in [1.807, 2.05) is 6.92 Å². The van der Waals surface area contributed by atoms with Crippen molar-refractivity contribution >= 4 is 34.5 Å². The van der Waals surface area contributed by atoms with Crippen molar-refractivity contribution in [1.29, 1.82) is 0 Å². The summed E-state index contributed by atoms with van der Waals surface area (Å²) < 4.78 is 5.38. The number of nitrogens with zero attached hydrogens (tertiary/aromatic N) is 1. The number of aryl methyl sites for hydroxylation is 1. The fraction of sp³-hybridized carbons (Fsp3) is 0.150. The van der Waals surface area contributed by atoms with Crippen LogP contribution in [0, 0.1) is 6.92 Å². The summed E-state index contributed by atoms with van der Waals surface area (Å²) >= 11 is 1.29. The lowest BCUT2D eigenvalue weighted by Crippen LogP contribution is -2.13. The van der Waals surface area contributed by atoms with Crippen LogP contribution in [0.5, 0.6) is 5.75 Å². The van der Waals surface area contributed by atoms with Gasteiger partial charge in [-0.3, -0.25) is 9.59 Å². The van der Waals surface area contributed by atoms with Crippen LogP contribution in [0.25, 0.3) is 0 Å². The second-order valence-electron chi connectivity index (χ2n) is 5.71. The number of aromatic nitrogens is 1. The van der Waals surface area contributed by atoms with E-state index < -0.39 is 0 Å². The Bertz CT molecular complexity index is 934. The second-order valence-corrected chi connectivity index (χ2v) is 6.56. The van der Waals surface area contributed by atoms with Crippen molar-refractivity contribution in [3.05, 3.63) is 70.2 Å². The van der Waals surface area contributed by atoms with Gasteiger partial charge in [-0.25, -0.2) is 4.98 Å². The Balaban J connectivity index is 1.61. The smallest absolute Gasteiger partial charge is 0.267 e. The van der Waals surface area contributed by atoms with Crippen LogP contribution >= 0.6 is 11.3 Å². The largest absolute Gasteiger partial charge is 0.494 e. The summed E-state index contributed by atoms with van der Waals surface area (Å²) in [6, 6.07) is 13.9. The zero-order chi connectivity index (χ0) is 19.2. The lowest BCUT2D eigenvalue weighted by Gasteiger charge is -2.08. The average molecular weight is 381 g/mol. The van der Waals surface area contributed by atoms with Crippen LogP contribution in [0.2, 0.25) is 0 Å². The first kappa shape index (κ1) is 18.6. The van der Waals surface area contributed by atoms with Crippen molar-refractivity contribution in [2.45, 2.75) is 13.8 Å². The first-order chi connectivity index (χ1) is 13.1. The number of nitrogens with one attached hydrogen (secondary N) is 2. The van der Waals surface area contributed by atoms with Crippen LogP contribution in [-0.2, 0) is 0 Å². The molecule has 0 radical (unpaired) electrons. The van der Waals surface area contributed by atoms with Crippen LogP contribution in [0.4, 0.5) is 11.4 Å². The molecule has 0 spiro atoms. The van der Waals surface area contributed by atoms with E-state index in [-0.39, 0.29) is 11.8 Å². The van der Waals surface area contributed by atoms with E-state index in [0.29, 0.717) is 34.1 Å². The average Bonchev–Trinajstić information content (AvgIpc) is 3.10. The third-order valence-electron chi connectivity index (χ3n) is 3.78. The Morgan fingerprint density at radius 1 is 0.963 bits per heavy atom. The van der Waals surface area contributed by atoms with Gasteiger partial charge >= 0.3 is 0 Å². The van der Waals surface area contributed by atoms with Crippen molar-refractivity contribution in [2.75, 3.05) is 17.2 Å². The molecule has 0 saturated carbocycles. The van der Waals surface area contributed by atoms with Crippen molar-refractivity contribution in [3.8, 4) is 5.75 Å². The summed E-state index contributed by atoms with van der Waals surface area (Å²) in [5.41, 5.74) is 4.13. The molecule has 6 nitrogen and oxygen atoms in total. The monoisotopic (exact) mass is 381 g/mol. The van der Waals surface area contributed by atoms with E-state index in [0.717, 1.165) is 5.75 Å². The molecule has 3 rings (SSSR count). The van der Waals surface area contributed by atoms with E-state index in [4.69, 9.17) is 4.74 Å². The van der Waals surface area contributed by atoms with Gasteiger partial charge in [0.25, 0.3) is 11.8 Å². The fourth-order valence-corrected chi connectivity index (χ4v) is 3.11. The number of thiazole rings is 1. The number of benzene rings is 2. The third kappa shape index (κ3) is 4.71. The van der Waals surface area contributed by atoms with Crippen LogP contribution in [0.15, 0.2) is 54.0 Å². The molecule has 0 bridgehead atoms. The van der Waals surface area contributed by atoms with E-state index in [9.17, 15) is 9.59 Å². The molecule has 0 unspecified atom stereocenters. The van der Waals surface area contributed by atoms with E-state index in [1.54, 1.807) is 61.0 Å². The van der Waals surface area contributed by atoms with Crippen molar-refractivity contribution in [2.24, 2.45) is 0 Å². The number of rotatable bonds is 6. The molecule has 2 amide bonds. The first-order valence-corrected chi connectivity index (χ1v) is 9.30. The topological polar surface area (TPSA) is 80.3 Å². The Hall–Kier alpha value is -3.19. The number of carbonyl (C=O) groups is 2. The maximum atomic E-state index is 12.4. The predicted molar refractivity (Wildman–Crippen MR) is 107 cm³/mol. The SMILES string of the molecule is CCOc1ccc(NC(=O)c2ccc(NC(=O)c3scnc3C)cc2)cc1. The standard InChI is InChI=1S/C20H19N3O3S/c1-3-26-17-10-8-16(9-11-17)22-19(24)14-4-6-15(7-5-14)23-20(25)18-13(2)21-12-27-18/h4-12H,3H2,1-2H3,(H,22,24)(H,23,25). The number of hydrogen-bond acceptors (Lipinski definition) is 5. The number of amides is 2. The van der Waals surface area contributed by atoms with Crippen molar-refractivity contribution in [3.63, 3.8) is 0 Å². The lowest BCUT2D eigenvalue weighted by atomic mass is 10.2. The first-order valence-electron chi connectivity index (χ1n) is 8.42. The number of ether oxygens (including phenoxy) is 1.